The highest BCUT2D eigenvalue weighted by Gasteiger charge is 2.26. The van der Waals surface area contributed by atoms with Crippen LogP contribution in [0.4, 0.5) is 0 Å². The van der Waals surface area contributed by atoms with Gasteiger partial charge in [0, 0.05) is 32.1 Å². The number of aryl methyl sites for hydroxylation is 3. The van der Waals surface area contributed by atoms with Crippen molar-refractivity contribution in [2.45, 2.75) is 82.3 Å². The van der Waals surface area contributed by atoms with Gasteiger partial charge in [0.2, 0.25) is 10.0 Å². The molecule has 0 aliphatic carbocycles. The lowest BCUT2D eigenvalue weighted by Crippen LogP contribution is -2.46. The highest BCUT2D eigenvalue weighted by molar-refractivity contribution is 7.89. The quantitative estimate of drug-likeness (QED) is 0.310. The van der Waals surface area contributed by atoms with Gasteiger partial charge in [0.1, 0.15) is 0 Å². The van der Waals surface area contributed by atoms with Crippen LogP contribution in [0, 0.1) is 0 Å². The zero-order chi connectivity index (χ0) is 26.8. The summed E-state index contributed by atoms with van der Waals surface area (Å²) < 4.78 is 27.7. The zero-order valence-corrected chi connectivity index (χ0v) is 22.9. The van der Waals surface area contributed by atoms with Crippen LogP contribution in [0.5, 0.6) is 0 Å². The molecule has 2 aromatic rings. The van der Waals surface area contributed by atoms with Gasteiger partial charge >= 0.3 is 5.97 Å². The Morgan fingerprint density at radius 2 is 1.72 bits per heavy atom. The van der Waals surface area contributed by atoms with Crippen molar-refractivity contribution >= 4 is 16.0 Å². The van der Waals surface area contributed by atoms with Crippen molar-refractivity contribution in [1.82, 2.24) is 9.62 Å². The fourth-order valence-electron chi connectivity index (χ4n) is 4.25. The van der Waals surface area contributed by atoms with Gasteiger partial charge in [0.15, 0.2) is 0 Å². The van der Waals surface area contributed by atoms with Gasteiger partial charge < -0.3 is 15.5 Å². The zero-order valence-electron chi connectivity index (χ0n) is 22.0. The smallest absolute Gasteiger partial charge is 0.303 e. The van der Waals surface area contributed by atoms with E-state index in [0.29, 0.717) is 31.4 Å². The van der Waals surface area contributed by atoms with Crippen LogP contribution < -0.4 is 5.32 Å². The van der Waals surface area contributed by atoms with Gasteiger partial charge in [-0.2, -0.15) is 4.31 Å². The van der Waals surface area contributed by atoms with Crippen molar-refractivity contribution < 1.29 is 23.4 Å². The molecule has 0 radical (unpaired) electrons. The van der Waals surface area contributed by atoms with Crippen molar-refractivity contribution in [3.63, 3.8) is 0 Å². The lowest BCUT2D eigenvalue weighted by molar-refractivity contribution is -0.137. The van der Waals surface area contributed by atoms with E-state index < -0.39 is 22.1 Å². The molecule has 0 bridgehead atoms. The third kappa shape index (κ3) is 9.65. The van der Waals surface area contributed by atoms with Gasteiger partial charge in [-0.15, -0.1) is 0 Å². The van der Waals surface area contributed by atoms with E-state index in [2.05, 4.69) is 31.3 Å². The number of aliphatic carboxylic acids is 1. The van der Waals surface area contributed by atoms with Crippen LogP contribution in [-0.2, 0) is 34.1 Å². The maximum absolute atomic E-state index is 13.3. The van der Waals surface area contributed by atoms with E-state index in [1.165, 1.54) is 16.9 Å². The monoisotopic (exact) mass is 518 g/mol. The van der Waals surface area contributed by atoms with Crippen LogP contribution >= 0.6 is 0 Å². The van der Waals surface area contributed by atoms with Crippen LogP contribution in [0.15, 0.2) is 53.4 Å². The Morgan fingerprint density at radius 3 is 2.36 bits per heavy atom. The number of rotatable bonds is 16. The Kier molecular flexibility index (Phi) is 11.6. The first kappa shape index (κ1) is 30.0. The molecule has 0 spiro atoms. The molecule has 2 rings (SSSR count). The number of hydrogen-bond donors (Lipinski definition) is 3. The highest BCUT2D eigenvalue weighted by Crippen LogP contribution is 2.23. The minimum atomic E-state index is -3.77. The average molecular weight is 519 g/mol. The largest absolute Gasteiger partial charge is 0.481 e. The Morgan fingerprint density at radius 1 is 1.06 bits per heavy atom. The van der Waals surface area contributed by atoms with Crippen molar-refractivity contribution in [3.05, 3.63) is 65.2 Å². The second kappa shape index (κ2) is 13.9. The number of carboxylic acids is 1. The molecule has 0 unspecified atom stereocenters. The summed E-state index contributed by atoms with van der Waals surface area (Å²) in [5.41, 5.74) is 2.74. The molecule has 1 atom stereocenters. The van der Waals surface area contributed by atoms with Gasteiger partial charge in [0.05, 0.1) is 11.0 Å². The highest BCUT2D eigenvalue weighted by atomic mass is 32.2. The van der Waals surface area contributed by atoms with Gasteiger partial charge in [0.25, 0.3) is 0 Å². The van der Waals surface area contributed by atoms with Gasteiger partial charge in [-0.3, -0.25) is 4.79 Å². The van der Waals surface area contributed by atoms with E-state index in [9.17, 15) is 18.3 Å². The molecule has 0 saturated carbocycles. The van der Waals surface area contributed by atoms with E-state index in [1.807, 2.05) is 31.2 Å². The van der Waals surface area contributed by atoms with E-state index in [-0.39, 0.29) is 23.4 Å². The summed E-state index contributed by atoms with van der Waals surface area (Å²) in [7, 11) is -2.28. The lowest BCUT2D eigenvalue weighted by atomic mass is 9.95. The molecule has 36 heavy (non-hydrogen) atoms. The molecule has 0 amide bonds. The minimum absolute atomic E-state index is 0.0149. The predicted octanol–water partition coefficient (Wildman–Crippen LogP) is 4.03. The van der Waals surface area contributed by atoms with Crippen LogP contribution in [0.2, 0.25) is 0 Å². The Balaban J connectivity index is 1.90. The Hall–Kier alpha value is -2.26. The number of hydrogen-bond acceptors (Lipinski definition) is 5. The first-order valence-electron chi connectivity index (χ1n) is 12.7. The molecule has 3 N–H and O–H groups in total. The molecule has 0 saturated heterocycles. The van der Waals surface area contributed by atoms with E-state index in [1.54, 1.807) is 12.1 Å². The molecule has 8 heteroatoms. The first-order valence-corrected chi connectivity index (χ1v) is 14.2. The van der Waals surface area contributed by atoms with Crippen molar-refractivity contribution in [3.8, 4) is 0 Å². The Bertz CT molecular complexity index is 1070. The average Bonchev–Trinajstić information content (AvgIpc) is 2.83. The topological polar surface area (TPSA) is 107 Å². The molecular weight excluding hydrogens is 476 g/mol. The van der Waals surface area contributed by atoms with Gasteiger partial charge in [-0.1, -0.05) is 49.4 Å². The molecule has 2 aromatic carbocycles. The maximum atomic E-state index is 13.3. The van der Waals surface area contributed by atoms with Gasteiger partial charge in [-0.25, -0.2) is 8.42 Å². The molecule has 0 aromatic heterocycles. The second-order valence-corrected chi connectivity index (χ2v) is 12.1. The molecule has 0 fully saturated rings. The molecule has 0 aliphatic rings. The summed E-state index contributed by atoms with van der Waals surface area (Å²) in [6.07, 6.45) is 3.80. The first-order chi connectivity index (χ1) is 16.9. The van der Waals surface area contributed by atoms with Gasteiger partial charge in [-0.05, 0) is 75.1 Å². The molecular formula is C28H42N2O5S. The van der Waals surface area contributed by atoms with Crippen LogP contribution in [-0.4, -0.2) is 60.7 Å². The number of nitrogens with one attached hydrogen (secondary N) is 1. The number of aliphatic hydroxyl groups is 1. The number of aliphatic hydroxyl groups excluding tert-OH is 1. The number of sulfonamides is 1. The van der Waals surface area contributed by atoms with E-state index >= 15 is 0 Å². The Labute approximate surface area is 216 Å². The number of carbonyl (C=O) groups is 1. The fraction of sp³-hybridized carbons (Fsp3) is 0.536. The SMILES string of the molecule is CCc1cc(CCCC(=O)O)ccc1S(=O)(=O)N(C)C[C@H](O)CNC(C)(C)CCCc1ccccc1. The maximum Gasteiger partial charge on any atom is 0.303 e. The summed E-state index contributed by atoms with van der Waals surface area (Å²) in [6, 6.07) is 15.5. The second-order valence-electron chi connectivity index (χ2n) is 10.1. The number of carboxylic acid groups (broad SMARTS) is 1. The summed E-state index contributed by atoms with van der Waals surface area (Å²) >= 11 is 0. The van der Waals surface area contributed by atoms with Crippen LogP contribution in [0.1, 0.15) is 63.1 Å². The summed E-state index contributed by atoms with van der Waals surface area (Å²) in [5, 5.41) is 22.8. The summed E-state index contributed by atoms with van der Waals surface area (Å²) in [5.74, 6) is -0.838. The molecule has 7 nitrogen and oxygen atoms in total. The van der Waals surface area contributed by atoms with Crippen molar-refractivity contribution in [2.75, 3.05) is 20.1 Å². The number of β-amino-alcohol motifs (C(OH)–C–C–N with tert-alkyl or cyclic N) is 1. The normalized spacial score (nSPS) is 13.2. The standard InChI is InChI=1S/C28H42N2O5S/c1-5-24-19-23(13-9-15-27(32)33)16-17-26(24)36(34,35)30(4)21-25(31)20-29-28(2,3)18-10-14-22-11-7-6-8-12-22/h6-8,11-12,16-17,19,25,29,31H,5,9-10,13-15,18,20-21H2,1-4H3,(H,32,33)/t25-/m1/s1. The lowest BCUT2D eigenvalue weighted by Gasteiger charge is -2.29. The van der Waals surface area contributed by atoms with Crippen molar-refractivity contribution in [1.29, 1.82) is 0 Å². The van der Waals surface area contributed by atoms with E-state index in [0.717, 1.165) is 24.8 Å². The fourth-order valence-corrected chi connectivity index (χ4v) is 5.73. The summed E-state index contributed by atoms with van der Waals surface area (Å²) in [6.45, 7) is 6.36. The molecule has 0 heterocycles. The summed E-state index contributed by atoms with van der Waals surface area (Å²) in [4.78, 5) is 11.0. The van der Waals surface area contributed by atoms with Crippen LogP contribution in [0.3, 0.4) is 0 Å². The predicted molar refractivity (Wildman–Crippen MR) is 144 cm³/mol. The van der Waals surface area contributed by atoms with Crippen LogP contribution in [0.25, 0.3) is 0 Å². The van der Waals surface area contributed by atoms with E-state index in [4.69, 9.17) is 5.11 Å². The number of nitrogens with zero attached hydrogens (tertiary/aromatic N) is 1. The number of likely N-dealkylation sites (N-methyl/N-ethyl adjacent to an activating group) is 1. The van der Waals surface area contributed by atoms with Crippen molar-refractivity contribution in [2.24, 2.45) is 0 Å². The molecule has 200 valence electrons. The number of benzene rings is 2. The third-order valence-corrected chi connectivity index (χ3v) is 8.37. The molecule has 0 aliphatic heterocycles. The minimum Gasteiger partial charge on any atom is -0.481 e. The third-order valence-electron chi connectivity index (χ3n) is 6.44.